The average Bonchev–Trinajstić information content (AvgIpc) is 2.57. The van der Waals surface area contributed by atoms with Gasteiger partial charge in [-0.3, -0.25) is 14.5 Å². The normalized spacial score (nSPS) is 10.4. The first-order chi connectivity index (χ1) is 11.5. The van der Waals surface area contributed by atoms with E-state index in [0.29, 0.717) is 24.6 Å². The summed E-state index contributed by atoms with van der Waals surface area (Å²) in [6.45, 7) is 3.38. The van der Waals surface area contributed by atoms with Crippen LogP contribution < -0.4 is 20.1 Å². The van der Waals surface area contributed by atoms with Crippen molar-refractivity contribution in [3.63, 3.8) is 0 Å². The number of carbonyl (C=O) groups excluding carboxylic acids is 2. The lowest BCUT2D eigenvalue weighted by Crippen LogP contribution is -2.40. The fourth-order valence-corrected chi connectivity index (χ4v) is 2.11. The van der Waals surface area contributed by atoms with E-state index < -0.39 is 0 Å². The van der Waals surface area contributed by atoms with Crippen LogP contribution in [0.25, 0.3) is 0 Å². The van der Waals surface area contributed by atoms with Crippen molar-refractivity contribution in [1.82, 2.24) is 15.5 Å². The lowest BCUT2D eigenvalue weighted by atomic mass is 10.2. The highest BCUT2D eigenvalue weighted by Crippen LogP contribution is 2.27. The molecule has 0 aliphatic rings. The minimum atomic E-state index is -0.143. The van der Waals surface area contributed by atoms with Gasteiger partial charge >= 0.3 is 0 Å². The van der Waals surface area contributed by atoms with Crippen LogP contribution in [0.4, 0.5) is 0 Å². The van der Waals surface area contributed by atoms with Crippen LogP contribution in [-0.2, 0) is 16.1 Å². The Balaban J connectivity index is 2.41. The number of hydrogen-bond acceptors (Lipinski definition) is 5. The van der Waals surface area contributed by atoms with Gasteiger partial charge in [-0.15, -0.1) is 0 Å². The number of nitrogens with zero attached hydrogens (tertiary/aromatic N) is 1. The van der Waals surface area contributed by atoms with Gasteiger partial charge in [-0.25, -0.2) is 0 Å². The Labute approximate surface area is 143 Å². The molecular formula is C17H27N3O4. The van der Waals surface area contributed by atoms with Crippen LogP contribution >= 0.6 is 0 Å². The van der Waals surface area contributed by atoms with Crippen LogP contribution in [0.15, 0.2) is 18.2 Å². The van der Waals surface area contributed by atoms with E-state index in [-0.39, 0.29) is 24.9 Å². The van der Waals surface area contributed by atoms with E-state index in [2.05, 4.69) is 10.6 Å². The molecule has 24 heavy (non-hydrogen) atoms. The SMILES string of the molecule is CCCNC(=O)CN(C)CC(=O)NCc1ccc(OC)c(OC)c1. The molecule has 0 saturated heterocycles. The third kappa shape index (κ3) is 6.87. The van der Waals surface area contributed by atoms with E-state index in [1.54, 1.807) is 32.2 Å². The molecule has 1 aromatic rings. The van der Waals surface area contributed by atoms with Crippen molar-refractivity contribution in [2.45, 2.75) is 19.9 Å². The summed E-state index contributed by atoms with van der Waals surface area (Å²) in [6.07, 6.45) is 0.890. The van der Waals surface area contributed by atoms with E-state index in [1.165, 1.54) is 0 Å². The maximum atomic E-state index is 12.0. The summed E-state index contributed by atoms with van der Waals surface area (Å²) in [5.41, 5.74) is 0.907. The second-order valence-corrected chi connectivity index (χ2v) is 5.49. The Hall–Kier alpha value is -2.28. The second kappa shape index (κ2) is 10.5. The Bertz CT molecular complexity index is 549. The number of hydrogen-bond donors (Lipinski definition) is 2. The number of likely N-dealkylation sites (N-methyl/N-ethyl adjacent to an activating group) is 1. The predicted molar refractivity (Wildman–Crippen MR) is 92.2 cm³/mol. The van der Waals surface area contributed by atoms with E-state index in [9.17, 15) is 9.59 Å². The molecule has 0 saturated carbocycles. The monoisotopic (exact) mass is 337 g/mol. The summed E-state index contributed by atoms with van der Waals surface area (Å²) in [6, 6.07) is 5.48. The van der Waals surface area contributed by atoms with Gasteiger partial charge in [0.15, 0.2) is 11.5 Å². The number of nitrogens with one attached hydrogen (secondary N) is 2. The van der Waals surface area contributed by atoms with Gasteiger partial charge < -0.3 is 20.1 Å². The molecule has 0 bridgehead atoms. The molecule has 0 spiro atoms. The molecule has 1 aromatic carbocycles. The van der Waals surface area contributed by atoms with Crippen molar-refractivity contribution >= 4 is 11.8 Å². The van der Waals surface area contributed by atoms with Gasteiger partial charge in [0.1, 0.15) is 0 Å². The number of ether oxygens (including phenoxy) is 2. The van der Waals surface area contributed by atoms with Crippen molar-refractivity contribution in [3.8, 4) is 11.5 Å². The van der Waals surface area contributed by atoms with E-state index in [1.807, 2.05) is 19.1 Å². The maximum Gasteiger partial charge on any atom is 0.234 e. The fraction of sp³-hybridized carbons (Fsp3) is 0.529. The molecule has 2 N–H and O–H groups in total. The van der Waals surface area contributed by atoms with Crippen molar-refractivity contribution < 1.29 is 19.1 Å². The summed E-state index contributed by atoms with van der Waals surface area (Å²) < 4.78 is 10.4. The molecule has 0 heterocycles. The summed E-state index contributed by atoms with van der Waals surface area (Å²) in [5, 5.41) is 5.61. The Morgan fingerprint density at radius 2 is 1.67 bits per heavy atom. The number of amides is 2. The van der Waals surface area contributed by atoms with Crippen molar-refractivity contribution in [1.29, 1.82) is 0 Å². The minimum absolute atomic E-state index is 0.0768. The number of carbonyl (C=O) groups is 2. The second-order valence-electron chi connectivity index (χ2n) is 5.49. The Morgan fingerprint density at radius 1 is 1.04 bits per heavy atom. The molecule has 0 aliphatic heterocycles. The first kappa shape index (κ1) is 19.8. The smallest absolute Gasteiger partial charge is 0.234 e. The zero-order chi connectivity index (χ0) is 17.9. The molecule has 0 aliphatic carbocycles. The molecule has 0 atom stereocenters. The van der Waals surface area contributed by atoms with Crippen molar-refractivity contribution in [3.05, 3.63) is 23.8 Å². The van der Waals surface area contributed by atoms with Gasteiger partial charge in [0.05, 0.1) is 27.3 Å². The van der Waals surface area contributed by atoms with Gasteiger partial charge in [0.2, 0.25) is 11.8 Å². The first-order valence-electron chi connectivity index (χ1n) is 7.93. The number of methoxy groups -OCH3 is 2. The number of benzene rings is 1. The highest BCUT2D eigenvalue weighted by Gasteiger charge is 2.11. The highest BCUT2D eigenvalue weighted by molar-refractivity contribution is 5.81. The van der Waals surface area contributed by atoms with Gasteiger partial charge in [0, 0.05) is 13.1 Å². The fourth-order valence-electron chi connectivity index (χ4n) is 2.11. The number of rotatable bonds is 10. The molecule has 7 nitrogen and oxygen atoms in total. The molecule has 2 amide bonds. The Kier molecular flexibility index (Phi) is 8.64. The van der Waals surface area contributed by atoms with Crippen LogP contribution in [0.3, 0.4) is 0 Å². The summed E-state index contributed by atoms with van der Waals surface area (Å²) in [5.74, 6) is 1.04. The topological polar surface area (TPSA) is 79.9 Å². The summed E-state index contributed by atoms with van der Waals surface area (Å²) >= 11 is 0. The van der Waals surface area contributed by atoms with Gasteiger partial charge in [0.25, 0.3) is 0 Å². The van der Waals surface area contributed by atoms with Crippen LogP contribution in [0.2, 0.25) is 0 Å². The predicted octanol–water partition coefficient (Wildman–Crippen LogP) is 0.778. The lowest BCUT2D eigenvalue weighted by Gasteiger charge is -2.16. The van der Waals surface area contributed by atoms with Gasteiger partial charge in [-0.05, 0) is 31.2 Å². The average molecular weight is 337 g/mol. The van der Waals surface area contributed by atoms with Gasteiger partial charge in [-0.2, -0.15) is 0 Å². The molecule has 0 fully saturated rings. The first-order valence-corrected chi connectivity index (χ1v) is 7.93. The van der Waals surface area contributed by atoms with E-state index >= 15 is 0 Å². The quantitative estimate of drug-likeness (QED) is 0.659. The van der Waals surface area contributed by atoms with Crippen LogP contribution in [0.5, 0.6) is 11.5 Å². The molecular weight excluding hydrogens is 310 g/mol. The third-order valence-corrected chi connectivity index (χ3v) is 3.34. The van der Waals surface area contributed by atoms with Gasteiger partial charge in [-0.1, -0.05) is 13.0 Å². The summed E-state index contributed by atoms with van der Waals surface area (Å²) in [4.78, 5) is 25.2. The Morgan fingerprint density at radius 3 is 2.25 bits per heavy atom. The van der Waals surface area contributed by atoms with Crippen LogP contribution in [0.1, 0.15) is 18.9 Å². The van der Waals surface area contributed by atoms with E-state index in [4.69, 9.17) is 9.47 Å². The minimum Gasteiger partial charge on any atom is -0.493 e. The molecule has 0 radical (unpaired) electrons. The highest BCUT2D eigenvalue weighted by atomic mass is 16.5. The van der Waals surface area contributed by atoms with Crippen molar-refractivity contribution in [2.24, 2.45) is 0 Å². The molecule has 134 valence electrons. The van der Waals surface area contributed by atoms with Crippen LogP contribution in [0, 0.1) is 0 Å². The molecule has 7 heteroatoms. The lowest BCUT2D eigenvalue weighted by molar-refractivity contribution is -0.124. The molecule has 0 unspecified atom stereocenters. The standard InChI is InChI=1S/C17H27N3O4/c1-5-8-18-16(21)11-20(2)12-17(22)19-10-13-6-7-14(23-3)15(9-13)24-4/h6-7,9H,5,8,10-12H2,1-4H3,(H,18,21)(H,19,22). The molecule has 1 rings (SSSR count). The zero-order valence-corrected chi connectivity index (χ0v) is 14.8. The van der Waals surface area contributed by atoms with Crippen molar-refractivity contribution in [2.75, 3.05) is 40.9 Å². The van der Waals surface area contributed by atoms with E-state index in [0.717, 1.165) is 12.0 Å². The summed E-state index contributed by atoms with van der Waals surface area (Å²) in [7, 11) is 4.88. The maximum absolute atomic E-state index is 12.0. The third-order valence-electron chi connectivity index (χ3n) is 3.34. The molecule has 0 aromatic heterocycles. The largest absolute Gasteiger partial charge is 0.493 e. The zero-order valence-electron chi connectivity index (χ0n) is 14.8. The van der Waals surface area contributed by atoms with Crippen LogP contribution in [-0.4, -0.2) is 57.6 Å².